The summed E-state index contributed by atoms with van der Waals surface area (Å²) < 4.78 is 4.94. The van der Waals surface area contributed by atoms with Gasteiger partial charge in [0, 0.05) is 5.92 Å². The van der Waals surface area contributed by atoms with Crippen LogP contribution in [0.15, 0.2) is 12.7 Å². The molecule has 1 aromatic heterocycles. The first-order chi connectivity index (χ1) is 8.61. The zero-order valence-corrected chi connectivity index (χ0v) is 10.9. The fraction of sp³-hybridized carbons (Fsp3) is 0.417. The number of nitrogens with one attached hydrogen (secondary N) is 1. The highest BCUT2D eigenvalue weighted by Crippen LogP contribution is 2.31. The Morgan fingerprint density at radius 2 is 2.33 bits per heavy atom. The normalized spacial score (nSPS) is 14.1. The van der Waals surface area contributed by atoms with E-state index in [1.807, 2.05) is 0 Å². The average molecular weight is 266 g/mol. The summed E-state index contributed by atoms with van der Waals surface area (Å²) in [6.07, 6.45) is 3.37. The van der Waals surface area contributed by atoms with Crippen molar-refractivity contribution in [2.24, 2.45) is 5.92 Å². The van der Waals surface area contributed by atoms with E-state index in [1.165, 1.54) is 6.08 Å². The van der Waals surface area contributed by atoms with E-state index in [1.54, 1.807) is 6.92 Å². The van der Waals surface area contributed by atoms with Crippen LogP contribution in [0, 0.1) is 12.8 Å². The summed E-state index contributed by atoms with van der Waals surface area (Å²) in [6, 6.07) is 0. The van der Waals surface area contributed by atoms with Gasteiger partial charge in [0.05, 0.1) is 5.69 Å². The molecule has 18 heavy (non-hydrogen) atoms. The number of carbonyl (C=O) groups excluding carboxylic acids is 2. The highest BCUT2D eigenvalue weighted by molar-refractivity contribution is 7.17. The third-order valence-corrected chi connectivity index (χ3v) is 3.55. The Labute approximate surface area is 109 Å². The molecule has 0 spiro atoms. The lowest BCUT2D eigenvalue weighted by Crippen LogP contribution is -2.12. The van der Waals surface area contributed by atoms with E-state index in [9.17, 15) is 9.59 Å². The lowest BCUT2D eigenvalue weighted by atomic mass is 10.4. The zero-order valence-electron chi connectivity index (χ0n) is 10.1. The second kappa shape index (κ2) is 5.30. The van der Waals surface area contributed by atoms with Crippen molar-refractivity contribution in [2.75, 3.05) is 11.9 Å². The number of thiazole rings is 1. The van der Waals surface area contributed by atoms with Crippen LogP contribution in [-0.4, -0.2) is 23.5 Å². The predicted molar refractivity (Wildman–Crippen MR) is 68.7 cm³/mol. The fourth-order valence-electron chi connectivity index (χ4n) is 1.39. The van der Waals surface area contributed by atoms with Crippen molar-refractivity contribution in [3.63, 3.8) is 0 Å². The Bertz CT molecular complexity index is 492. The SMILES string of the molecule is C=CCOC(=O)c1sc(NC(=O)C2CC2)nc1C. The van der Waals surface area contributed by atoms with Gasteiger partial charge in [0.15, 0.2) is 5.13 Å². The molecule has 1 heterocycles. The molecule has 1 amide bonds. The molecule has 0 bridgehead atoms. The summed E-state index contributed by atoms with van der Waals surface area (Å²) >= 11 is 1.14. The molecule has 1 aromatic rings. The third kappa shape index (κ3) is 2.95. The number of esters is 1. The van der Waals surface area contributed by atoms with E-state index < -0.39 is 5.97 Å². The molecule has 1 aliphatic carbocycles. The van der Waals surface area contributed by atoms with E-state index in [0.29, 0.717) is 15.7 Å². The number of amides is 1. The summed E-state index contributed by atoms with van der Waals surface area (Å²) in [5.41, 5.74) is 0.570. The average Bonchev–Trinajstić information content (AvgIpc) is 3.11. The Morgan fingerprint density at radius 1 is 1.61 bits per heavy atom. The number of anilines is 1. The van der Waals surface area contributed by atoms with E-state index in [0.717, 1.165) is 24.2 Å². The number of nitrogens with zero attached hydrogens (tertiary/aromatic N) is 1. The van der Waals surface area contributed by atoms with Gasteiger partial charge >= 0.3 is 5.97 Å². The molecular weight excluding hydrogens is 252 g/mol. The second-order valence-corrected chi connectivity index (χ2v) is 5.08. The molecule has 1 saturated carbocycles. The van der Waals surface area contributed by atoms with Crippen molar-refractivity contribution < 1.29 is 14.3 Å². The molecule has 2 rings (SSSR count). The van der Waals surface area contributed by atoms with Crippen molar-refractivity contribution in [3.05, 3.63) is 23.2 Å². The van der Waals surface area contributed by atoms with Crippen molar-refractivity contribution in [1.29, 1.82) is 0 Å². The van der Waals surface area contributed by atoms with Crippen LogP contribution in [0.25, 0.3) is 0 Å². The molecular formula is C12H14N2O3S. The van der Waals surface area contributed by atoms with Crippen molar-refractivity contribution in [1.82, 2.24) is 4.98 Å². The number of ether oxygens (including phenoxy) is 1. The van der Waals surface area contributed by atoms with Gasteiger partial charge in [-0.05, 0) is 19.8 Å². The molecule has 0 aliphatic heterocycles. The minimum absolute atomic E-state index is 0.0187. The first-order valence-electron chi connectivity index (χ1n) is 5.68. The Kier molecular flexibility index (Phi) is 3.76. The fourth-order valence-corrected chi connectivity index (χ4v) is 2.26. The summed E-state index contributed by atoms with van der Waals surface area (Å²) in [4.78, 5) is 27.8. The quantitative estimate of drug-likeness (QED) is 0.655. The Hall–Kier alpha value is -1.69. The standard InChI is InChI=1S/C12H14N2O3S/c1-3-6-17-11(16)9-7(2)13-12(18-9)14-10(15)8-4-5-8/h3,8H,1,4-6H2,2H3,(H,13,14,15). The largest absolute Gasteiger partial charge is 0.457 e. The molecule has 0 unspecified atom stereocenters. The minimum Gasteiger partial charge on any atom is -0.457 e. The van der Waals surface area contributed by atoms with Crippen LogP contribution in [-0.2, 0) is 9.53 Å². The van der Waals surface area contributed by atoms with Crippen LogP contribution in [0.1, 0.15) is 28.2 Å². The van der Waals surface area contributed by atoms with Crippen LogP contribution in [0.4, 0.5) is 5.13 Å². The predicted octanol–water partition coefficient (Wildman–Crippen LogP) is 2.14. The molecule has 5 nitrogen and oxygen atoms in total. The maximum atomic E-state index is 11.7. The van der Waals surface area contributed by atoms with E-state index in [2.05, 4.69) is 16.9 Å². The molecule has 96 valence electrons. The molecule has 0 aromatic carbocycles. The van der Waals surface area contributed by atoms with E-state index in [4.69, 9.17) is 4.74 Å². The lowest BCUT2D eigenvalue weighted by molar-refractivity contribution is -0.117. The highest BCUT2D eigenvalue weighted by Gasteiger charge is 2.30. The number of carbonyl (C=O) groups is 2. The van der Waals surface area contributed by atoms with Crippen molar-refractivity contribution >= 4 is 28.3 Å². The van der Waals surface area contributed by atoms with Crippen LogP contribution in [0.2, 0.25) is 0 Å². The molecule has 1 fully saturated rings. The third-order valence-electron chi connectivity index (χ3n) is 2.49. The number of rotatable bonds is 5. The van der Waals surface area contributed by atoms with Crippen LogP contribution in [0.3, 0.4) is 0 Å². The zero-order chi connectivity index (χ0) is 13.1. The smallest absolute Gasteiger partial charge is 0.350 e. The van der Waals surface area contributed by atoms with Crippen LogP contribution >= 0.6 is 11.3 Å². The Balaban J connectivity index is 2.03. The van der Waals surface area contributed by atoms with Crippen molar-refractivity contribution in [2.45, 2.75) is 19.8 Å². The van der Waals surface area contributed by atoms with Gasteiger partial charge in [-0.1, -0.05) is 24.0 Å². The summed E-state index contributed by atoms with van der Waals surface area (Å²) in [5.74, 6) is -0.336. The number of hydrogen-bond acceptors (Lipinski definition) is 5. The van der Waals surface area contributed by atoms with Gasteiger partial charge in [0.1, 0.15) is 11.5 Å². The van der Waals surface area contributed by atoms with Gasteiger partial charge in [0.2, 0.25) is 5.91 Å². The minimum atomic E-state index is -0.433. The number of aryl methyl sites for hydroxylation is 1. The monoisotopic (exact) mass is 266 g/mol. The summed E-state index contributed by atoms with van der Waals surface area (Å²) in [7, 11) is 0. The van der Waals surface area contributed by atoms with Crippen LogP contribution < -0.4 is 5.32 Å². The maximum Gasteiger partial charge on any atom is 0.350 e. The van der Waals surface area contributed by atoms with E-state index in [-0.39, 0.29) is 18.4 Å². The van der Waals surface area contributed by atoms with Gasteiger partial charge in [-0.15, -0.1) is 0 Å². The molecule has 1 N–H and O–H groups in total. The highest BCUT2D eigenvalue weighted by atomic mass is 32.1. The second-order valence-electron chi connectivity index (χ2n) is 4.08. The van der Waals surface area contributed by atoms with Crippen molar-refractivity contribution in [3.8, 4) is 0 Å². The first-order valence-corrected chi connectivity index (χ1v) is 6.49. The first kappa shape index (κ1) is 12.8. The summed E-state index contributed by atoms with van der Waals surface area (Å²) in [6.45, 7) is 5.36. The maximum absolute atomic E-state index is 11.7. The number of hydrogen-bond donors (Lipinski definition) is 1. The molecule has 0 saturated heterocycles. The molecule has 1 aliphatic rings. The van der Waals surface area contributed by atoms with Gasteiger partial charge in [-0.3, -0.25) is 4.79 Å². The lowest BCUT2D eigenvalue weighted by Gasteiger charge is -1.98. The van der Waals surface area contributed by atoms with Gasteiger partial charge in [-0.2, -0.15) is 0 Å². The topological polar surface area (TPSA) is 68.3 Å². The number of aromatic nitrogens is 1. The summed E-state index contributed by atoms with van der Waals surface area (Å²) in [5, 5.41) is 3.17. The van der Waals surface area contributed by atoms with Gasteiger partial charge in [0.25, 0.3) is 0 Å². The van der Waals surface area contributed by atoms with Gasteiger partial charge < -0.3 is 10.1 Å². The Morgan fingerprint density at radius 3 is 2.94 bits per heavy atom. The molecule has 0 atom stereocenters. The van der Waals surface area contributed by atoms with Crippen LogP contribution in [0.5, 0.6) is 0 Å². The van der Waals surface area contributed by atoms with Gasteiger partial charge in [-0.25, -0.2) is 9.78 Å². The van der Waals surface area contributed by atoms with E-state index >= 15 is 0 Å². The molecule has 6 heteroatoms. The molecule has 0 radical (unpaired) electrons.